The molecular weight excluding hydrogens is 443 g/mol. The Hall–Kier alpha value is -2.04. The number of aromatic nitrogens is 2. The lowest BCUT2D eigenvalue weighted by atomic mass is 9.98. The summed E-state index contributed by atoms with van der Waals surface area (Å²) in [6, 6.07) is 7.73. The minimum Gasteiger partial charge on any atom is -0.480 e. The quantitative estimate of drug-likeness (QED) is 0.375. The third-order valence-corrected chi connectivity index (χ3v) is 8.64. The van der Waals surface area contributed by atoms with Crippen molar-refractivity contribution in [3.63, 3.8) is 0 Å². The molecule has 0 bridgehead atoms. The fraction of sp³-hybridized carbons (Fsp3) is 0.593. The van der Waals surface area contributed by atoms with Crippen LogP contribution in [-0.2, 0) is 17.6 Å². The van der Waals surface area contributed by atoms with Crippen molar-refractivity contribution in [1.82, 2.24) is 14.9 Å². The van der Waals surface area contributed by atoms with E-state index in [2.05, 4.69) is 36.6 Å². The van der Waals surface area contributed by atoms with E-state index in [1.165, 1.54) is 24.1 Å². The highest BCUT2D eigenvalue weighted by Crippen LogP contribution is 2.43. The van der Waals surface area contributed by atoms with Gasteiger partial charge in [0.2, 0.25) is 0 Å². The Morgan fingerprint density at radius 1 is 1.24 bits per heavy atom. The summed E-state index contributed by atoms with van der Waals surface area (Å²) < 4.78 is 0. The molecule has 1 aliphatic carbocycles. The average Bonchev–Trinajstić information content (AvgIpc) is 3.59. The molecule has 5 rings (SSSR count). The standard InChI is InChI=1S/C27H37N4O2P/c32-27(33)25(22-7-4-14-28-24(22)18-9-10-18)31-16-13-20(17-31)23(34)8-2-1-6-21-12-11-19-5-3-15-29-26(19)30-21/h4,7,11-12,14,18,20,23,25H,1-3,5-6,8-10,13,15-17,34H2,(H,29,30)(H,32,33)/t20-,23?,25?/m1/s1. The molecule has 3 aliphatic rings. The zero-order chi connectivity index (χ0) is 23.5. The number of nitrogens with one attached hydrogen (secondary N) is 1. The van der Waals surface area contributed by atoms with Crippen molar-refractivity contribution < 1.29 is 9.90 Å². The van der Waals surface area contributed by atoms with Crippen LogP contribution in [0.2, 0.25) is 0 Å². The van der Waals surface area contributed by atoms with E-state index in [0.717, 1.165) is 81.7 Å². The molecule has 2 aromatic heterocycles. The number of unbranched alkanes of at least 4 members (excludes halogenated alkanes) is 1. The normalized spacial score (nSPS) is 22.1. The molecule has 3 unspecified atom stereocenters. The minimum absolute atomic E-state index is 0.450. The van der Waals surface area contributed by atoms with E-state index in [4.69, 9.17) is 4.98 Å². The molecule has 0 spiro atoms. The second-order valence-corrected chi connectivity index (χ2v) is 11.1. The van der Waals surface area contributed by atoms with E-state index in [1.54, 1.807) is 6.20 Å². The van der Waals surface area contributed by atoms with Crippen molar-refractivity contribution in [1.29, 1.82) is 0 Å². The van der Waals surface area contributed by atoms with Crippen LogP contribution in [0.3, 0.4) is 0 Å². The molecule has 2 aromatic rings. The van der Waals surface area contributed by atoms with Crippen molar-refractivity contribution >= 4 is 21.0 Å². The van der Waals surface area contributed by atoms with Gasteiger partial charge in [0.15, 0.2) is 0 Å². The highest BCUT2D eigenvalue weighted by molar-refractivity contribution is 7.17. The molecule has 2 fully saturated rings. The predicted octanol–water partition coefficient (Wildman–Crippen LogP) is 4.82. The van der Waals surface area contributed by atoms with Gasteiger partial charge in [-0.05, 0) is 87.2 Å². The maximum Gasteiger partial charge on any atom is 0.325 e. The SMILES string of the molecule is O=C(O)C(c1cccnc1C1CC1)N1CC[C@@H](C(P)CCCCc2ccc3c(n2)NCCC3)C1. The first-order valence-corrected chi connectivity index (χ1v) is 13.7. The number of rotatable bonds is 10. The van der Waals surface area contributed by atoms with Crippen molar-refractivity contribution in [2.75, 3.05) is 25.0 Å². The van der Waals surface area contributed by atoms with Crippen molar-refractivity contribution in [3.05, 3.63) is 53.0 Å². The minimum atomic E-state index is -0.747. The van der Waals surface area contributed by atoms with Gasteiger partial charge in [0.25, 0.3) is 0 Å². The van der Waals surface area contributed by atoms with E-state index in [1.807, 2.05) is 12.1 Å². The van der Waals surface area contributed by atoms with Crippen LogP contribution >= 0.6 is 9.24 Å². The van der Waals surface area contributed by atoms with Crippen LogP contribution in [0.4, 0.5) is 5.82 Å². The number of aliphatic carboxylic acids is 1. The topological polar surface area (TPSA) is 78.3 Å². The third-order valence-electron chi connectivity index (χ3n) is 7.76. The fourth-order valence-electron chi connectivity index (χ4n) is 5.67. The number of hydrogen-bond acceptors (Lipinski definition) is 5. The second kappa shape index (κ2) is 10.7. The Balaban J connectivity index is 1.12. The Morgan fingerprint density at radius 2 is 2.12 bits per heavy atom. The lowest BCUT2D eigenvalue weighted by molar-refractivity contribution is -0.143. The van der Waals surface area contributed by atoms with E-state index in [-0.39, 0.29) is 0 Å². The fourth-order valence-corrected chi connectivity index (χ4v) is 6.22. The summed E-state index contributed by atoms with van der Waals surface area (Å²) in [4.78, 5) is 23.9. The second-order valence-electron chi connectivity index (χ2n) is 10.3. The van der Waals surface area contributed by atoms with Crippen LogP contribution in [0, 0.1) is 5.92 Å². The van der Waals surface area contributed by atoms with Gasteiger partial charge in [-0.25, -0.2) is 4.98 Å². The zero-order valence-electron chi connectivity index (χ0n) is 20.0. The summed E-state index contributed by atoms with van der Waals surface area (Å²) in [6.07, 6.45) is 12.0. The van der Waals surface area contributed by atoms with E-state index in [0.29, 0.717) is 17.5 Å². The smallest absolute Gasteiger partial charge is 0.325 e. The van der Waals surface area contributed by atoms with Gasteiger partial charge < -0.3 is 10.4 Å². The summed E-state index contributed by atoms with van der Waals surface area (Å²) in [6.45, 7) is 2.72. The Labute approximate surface area is 205 Å². The number of fused-ring (bicyclic) bond motifs is 1. The van der Waals surface area contributed by atoms with Crippen molar-refractivity contribution in [3.8, 4) is 0 Å². The molecule has 0 aromatic carbocycles. The number of pyridine rings is 2. The third kappa shape index (κ3) is 5.44. The van der Waals surface area contributed by atoms with Gasteiger partial charge in [0.05, 0.1) is 0 Å². The van der Waals surface area contributed by atoms with Crippen LogP contribution < -0.4 is 5.32 Å². The first-order chi connectivity index (χ1) is 16.6. The van der Waals surface area contributed by atoms with Crippen LogP contribution in [0.5, 0.6) is 0 Å². The Bertz CT molecular complexity index is 1010. The summed E-state index contributed by atoms with van der Waals surface area (Å²) in [5, 5.41) is 13.5. The maximum absolute atomic E-state index is 12.3. The van der Waals surface area contributed by atoms with E-state index in [9.17, 15) is 9.90 Å². The molecule has 2 N–H and O–H groups in total. The van der Waals surface area contributed by atoms with Gasteiger partial charge in [-0.1, -0.05) is 18.6 Å². The molecule has 0 amide bonds. The number of aryl methyl sites for hydroxylation is 2. The molecule has 7 heteroatoms. The molecule has 1 saturated carbocycles. The maximum atomic E-state index is 12.3. The van der Waals surface area contributed by atoms with Gasteiger partial charge in [0.1, 0.15) is 11.9 Å². The lowest BCUT2D eigenvalue weighted by Crippen LogP contribution is -2.34. The summed E-state index contributed by atoms with van der Waals surface area (Å²) in [5.41, 5.74) is 4.97. The number of carbonyl (C=O) groups is 1. The van der Waals surface area contributed by atoms with Gasteiger partial charge in [-0.3, -0.25) is 14.7 Å². The van der Waals surface area contributed by atoms with Crippen LogP contribution in [0.15, 0.2) is 30.5 Å². The highest BCUT2D eigenvalue weighted by atomic mass is 31.0. The lowest BCUT2D eigenvalue weighted by Gasteiger charge is -2.27. The zero-order valence-corrected chi connectivity index (χ0v) is 21.1. The van der Waals surface area contributed by atoms with Gasteiger partial charge in [0, 0.05) is 42.2 Å². The van der Waals surface area contributed by atoms with Crippen LogP contribution in [0.1, 0.15) is 79.4 Å². The molecule has 1 saturated heterocycles. The predicted molar refractivity (Wildman–Crippen MR) is 138 cm³/mol. The molecule has 0 radical (unpaired) electrons. The Kier molecular flexibility index (Phi) is 7.46. The molecular formula is C27H37N4O2P. The highest BCUT2D eigenvalue weighted by Gasteiger charge is 2.39. The first kappa shape index (κ1) is 23.7. The van der Waals surface area contributed by atoms with Gasteiger partial charge in [-0.15, -0.1) is 9.24 Å². The largest absolute Gasteiger partial charge is 0.480 e. The van der Waals surface area contributed by atoms with Crippen molar-refractivity contribution in [2.45, 2.75) is 75.4 Å². The van der Waals surface area contributed by atoms with E-state index >= 15 is 0 Å². The van der Waals surface area contributed by atoms with Crippen LogP contribution in [0.25, 0.3) is 0 Å². The van der Waals surface area contributed by atoms with Crippen molar-refractivity contribution in [2.24, 2.45) is 5.92 Å². The number of hydrogen-bond donors (Lipinski definition) is 2. The summed E-state index contributed by atoms with van der Waals surface area (Å²) in [7, 11) is 3.06. The molecule has 4 atom stereocenters. The van der Waals surface area contributed by atoms with Gasteiger partial charge in [-0.2, -0.15) is 0 Å². The molecule has 2 aliphatic heterocycles. The molecule has 182 valence electrons. The monoisotopic (exact) mass is 480 g/mol. The number of carboxylic acid groups (broad SMARTS) is 1. The summed E-state index contributed by atoms with van der Waals surface area (Å²) in [5.74, 6) is 1.32. The number of nitrogens with zero attached hydrogens (tertiary/aromatic N) is 3. The van der Waals surface area contributed by atoms with E-state index < -0.39 is 12.0 Å². The molecule has 6 nitrogen and oxygen atoms in total. The first-order valence-electron chi connectivity index (χ1n) is 13.0. The molecule has 4 heterocycles. The number of likely N-dealkylation sites (tertiary alicyclic amines) is 1. The van der Waals surface area contributed by atoms with Crippen LogP contribution in [-0.4, -0.2) is 51.2 Å². The van der Waals surface area contributed by atoms with Gasteiger partial charge >= 0.3 is 5.97 Å². The Morgan fingerprint density at radius 3 is 2.94 bits per heavy atom. The number of carboxylic acids is 1. The average molecular weight is 481 g/mol. The summed E-state index contributed by atoms with van der Waals surface area (Å²) >= 11 is 0. The number of anilines is 1. The molecule has 34 heavy (non-hydrogen) atoms.